The Morgan fingerprint density at radius 2 is 2.05 bits per heavy atom. The predicted octanol–water partition coefficient (Wildman–Crippen LogP) is 3.61. The molecule has 8 heteroatoms. The topological polar surface area (TPSA) is 68.0 Å². The molecule has 1 aromatic heterocycles. The Labute approximate surface area is 126 Å². The summed E-state index contributed by atoms with van der Waals surface area (Å²) < 4.78 is 27.3. The molecule has 0 aliphatic rings. The molecule has 1 aromatic carbocycles. The van der Waals surface area contributed by atoms with Crippen molar-refractivity contribution in [2.45, 2.75) is 0 Å². The first kappa shape index (κ1) is 14.7. The van der Waals surface area contributed by atoms with Crippen molar-refractivity contribution in [2.24, 2.45) is 0 Å². The Kier molecular flexibility index (Phi) is 4.20. The Morgan fingerprint density at radius 1 is 1.35 bits per heavy atom. The number of benzene rings is 1. The van der Waals surface area contributed by atoms with Gasteiger partial charge in [0.1, 0.15) is 11.0 Å². The Bertz CT molecular complexity index is 697. The van der Waals surface area contributed by atoms with Gasteiger partial charge in [0.2, 0.25) is 0 Å². The molecule has 0 spiro atoms. The van der Waals surface area contributed by atoms with Crippen LogP contribution in [0.5, 0.6) is 0 Å². The summed E-state index contributed by atoms with van der Waals surface area (Å²) in [7, 11) is 0. The van der Waals surface area contributed by atoms with Gasteiger partial charge >= 0.3 is 0 Å². The molecule has 0 fully saturated rings. The number of aromatic nitrogens is 1. The van der Waals surface area contributed by atoms with Crippen LogP contribution < -0.4 is 11.1 Å². The molecule has 0 saturated carbocycles. The first-order chi connectivity index (χ1) is 9.38. The van der Waals surface area contributed by atoms with Crippen molar-refractivity contribution in [2.75, 3.05) is 11.1 Å². The first-order valence-corrected chi connectivity index (χ1v) is 6.42. The van der Waals surface area contributed by atoms with E-state index in [1.807, 2.05) is 0 Å². The van der Waals surface area contributed by atoms with Gasteiger partial charge < -0.3 is 11.1 Å². The van der Waals surface area contributed by atoms with Crippen molar-refractivity contribution >= 4 is 44.8 Å². The minimum absolute atomic E-state index is 0.212. The minimum atomic E-state index is -0.982. The largest absolute Gasteiger partial charge is 0.396 e. The number of hydrogen-bond donors (Lipinski definition) is 2. The van der Waals surface area contributed by atoms with Crippen LogP contribution in [0.4, 0.5) is 20.2 Å². The lowest BCUT2D eigenvalue weighted by atomic mass is 10.1. The van der Waals surface area contributed by atoms with Gasteiger partial charge in [-0.2, -0.15) is 0 Å². The normalized spacial score (nSPS) is 10.4. The molecule has 20 heavy (non-hydrogen) atoms. The van der Waals surface area contributed by atoms with E-state index in [0.717, 1.165) is 12.1 Å². The fourth-order valence-corrected chi connectivity index (χ4v) is 1.92. The van der Waals surface area contributed by atoms with Gasteiger partial charge in [-0.3, -0.25) is 4.79 Å². The van der Waals surface area contributed by atoms with Gasteiger partial charge in [0, 0.05) is 0 Å². The highest BCUT2D eigenvalue weighted by Crippen LogP contribution is 2.24. The molecule has 1 amide bonds. The van der Waals surface area contributed by atoms with E-state index in [9.17, 15) is 13.6 Å². The second kappa shape index (κ2) is 5.72. The molecular weight excluding hydrogens is 356 g/mol. The maximum Gasteiger partial charge on any atom is 0.258 e. The third-order valence-electron chi connectivity index (χ3n) is 2.36. The molecule has 0 saturated heterocycles. The standard InChI is InChI=1S/C12H7BrClF2N3O/c13-8-3-6(4-18-11(8)14)19-12(20)7-1-5(15)2-9(17)10(7)16/h1-4H,17H2,(H,19,20). The molecule has 4 nitrogen and oxygen atoms in total. The number of carbonyl (C=O) groups excluding carboxylic acids is 1. The molecule has 1 heterocycles. The highest BCUT2D eigenvalue weighted by atomic mass is 79.9. The average Bonchev–Trinajstić information content (AvgIpc) is 2.38. The van der Waals surface area contributed by atoms with E-state index >= 15 is 0 Å². The third-order valence-corrected chi connectivity index (χ3v) is 3.50. The summed E-state index contributed by atoms with van der Waals surface area (Å²) in [4.78, 5) is 15.7. The highest BCUT2D eigenvalue weighted by Gasteiger charge is 2.16. The molecule has 0 atom stereocenters. The number of carbonyl (C=O) groups is 1. The predicted molar refractivity (Wildman–Crippen MR) is 75.7 cm³/mol. The van der Waals surface area contributed by atoms with Crippen LogP contribution in [0, 0.1) is 11.6 Å². The van der Waals surface area contributed by atoms with Crippen LogP contribution >= 0.6 is 27.5 Å². The fraction of sp³-hybridized carbons (Fsp3) is 0. The molecule has 0 unspecified atom stereocenters. The number of nitrogens with two attached hydrogens (primary N) is 1. The summed E-state index contributed by atoms with van der Waals surface area (Å²) in [5, 5.41) is 2.58. The molecule has 0 bridgehead atoms. The summed E-state index contributed by atoms with van der Waals surface area (Å²) in [5.41, 5.74) is 4.60. The van der Waals surface area contributed by atoms with Crippen molar-refractivity contribution in [1.29, 1.82) is 0 Å². The van der Waals surface area contributed by atoms with E-state index in [4.69, 9.17) is 17.3 Å². The molecule has 0 aliphatic carbocycles. The Hall–Kier alpha value is -1.73. The highest BCUT2D eigenvalue weighted by molar-refractivity contribution is 9.10. The smallest absolute Gasteiger partial charge is 0.258 e. The van der Waals surface area contributed by atoms with Crippen LogP contribution in [-0.2, 0) is 0 Å². The summed E-state index contributed by atoms with van der Waals surface area (Å²) in [6.07, 6.45) is 1.28. The van der Waals surface area contributed by atoms with Gasteiger partial charge in [-0.25, -0.2) is 13.8 Å². The third kappa shape index (κ3) is 3.05. The van der Waals surface area contributed by atoms with E-state index in [0.29, 0.717) is 4.47 Å². The number of nitrogens with zero attached hydrogens (tertiary/aromatic N) is 1. The molecule has 104 valence electrons. The SMILES string of the molecule is Nc1cc(F)cc(C(=O)Nc2cnc(Cl)c(Br)c2)c1F. The average molecular weight is 363 g/mol. The van der Waals surface area contributed by atoms with Crippen molar-refractivity contribution < 1.29 is 13.6 Å². The second-order valence-corrected chi connectivity index (χ2v) is 5.02. The quantitative estimate of drug-likeness (QED) is 0.633. The van der Waals surface area contributed by atoms with E-state index in [1.165, 1.54) is 12.3 Å². The van der Waals surface area contributed by atoms with Crippen LogP contribution in [0.1, 0.15) is 10.4 Å². The molecule has 0 aliphatic heterocycles. The number of rotatable bonds is 2. The van der Waals surface area contributed by atoms with Gasteiger partial charge in [0.25, 0.3) is 5.91 Å². The van der Waals surface area contributed by atoms with Gasteiger partial charge in [-0.05, 0) is 34.1 Å². The lowest BCUT2D eigenvalue weighted by Crippen LogP contribution is -2.15. The molecule has 0 radical (unpaired) electrons. The van der Waals surface area contributed by atoms with E-state index in [2.05, 4.69) is 26.2 Å². The number of amides is 1. The minimum Gasteiger partial charge on any atom is -0.396 e. The zero-order chi connectivity index (χ0) is 14.9. The van der Waals surface area contributed by atoms with E-state index < -0.39 is 28.8 Å². The zero-order valence-electron chi connectivity index (χ0n) is 9.75. The summed E-state index contributed by atoms with van der Waals surface area (Å²) in [5.74, 6) is -2.63. The zero-order valence-corrected chi connectivity index (χ0v) is 12.1. The van der Waals surface area contributed by atoms with Crippen molar-refractivity contribution in [3.8, 4) is 0 Å². The van der Waals surface area contributed by atoms with E-state index in [-0.39, 0.29) is 10.8 Å². The van der Waals surface area contributed by atoms with E-state index in [1.54, 1.807) is 0 Å². The number of halogens is 4. The van der Waals surface area contributed by atoms with Crippen molar-refractivity contribution in [1.82, 2.24) is 4.98 Å². The van der Waals surface area contributed by atoms with Gasteiger partial charge in [-0.15, -0.1) is 0 Å². The summed E-state index contributed by atoms with van der Waals surface area (Å²) >= 11 is 8.83. The number of nitrogens with one attached hydrogen (secondary N) is 1. The fourth-order valence-electron chi connectivity index (χ4n) is 1.46. The van der Waals surface area contributed by atoms with Gasteiger partial charge in [0.15, 0.2) is 5.82 Å². The van der Waals surface area contributed by atoms with Crippen LogP contribution in [0.25, 0.3) is 0 Å². The lowest BCUT2D eigenvalue weighted by molar-refractivity contribution is 0.102. The maximum absolute atomic E-state index is 13.7. The van der Waals surface area contributed by atoms with Crippen LogP contribution in [-0.4, -0.2) is 10.9 Å². The number of nitrogen functional groups attached to an aromatic ring is 1. The van der Waals surface area contributed by atoms with Crippen molar-refractivity contribution in [3.05, 3.63) is 51.2 Å². The maximum atomic E-state index is 13.7. The van der Waals surface area contributed by atoms with Gasteiger partial charge in [-0.1, -0.05) is 11.6 Å². The number of pyridine rings is 1. The Morgan fingerprint density at radius 3 is 2.70 bits per heavy atom. The number of hydrogen-bond acceptors (Lipinski definition) is 3. The molecular formula is C12H7BrClF2N3O. The summed E-state index contributed by atoms with van der Waals surface area (Å²) in [6.45, 7) is 0. The monoisotopic (exact) mass is 361 g/mol. The van der Waals surface area contributed by atoms with Gasteiger partial charge in [0.05, 0.1) is 27.6 Å². The molecule has 2 aromatic rings. The summed E-state index contributed by atoms with van der Waals surface area (Å²) in [6, 6.07) is 3.04. The molecule has 3 N–H and O–H groups in total. The van der Waals surface area contributed by atoms with Crippen LogP contribution in [0.15, 0.2) is 28.9 Å². The lowest BCUT2D eigenvalue weighted by Gasteiger charge is -2.08. The van der Waals surface area contributed by atoms with Crippen LogP contribution in [0.2, 0.25) is 5.15 Å². The first-order valence-electron chi connectivity index (χ1n) is 5.25. The Balaban J connectivity index is 2.30. The van der Waals surface area contributed by atoms with Crippen molar-refractivity contribution in [3.63, 3.8) is 0 Å². The molecule has 2 rings (SSSR count). The number of anilines is 2. The van der Waals surface area contributed by atoms with Crippen LogP contribution in [0.3, 0.4) is 0 Å². The second-order valence-electron chi connectivity index (χ2n) is 3.81.